The molecule has 2 aromatic rings. The Kier molecular flexibility index (Phi) is 4.98. The van der Waals surface area contributed by atoms with Crippen LogP contribution in [0.2, 0.25) is 5.02 Å². The fourth-order valence-corrected chi connectivity index (χ4v) is 2.66. The van der Waals surface area contributed by atoms with Gasteiger partial charge in [0, 0.05) is 17.6 Å². The second-order valence-electron chi connectivity index (χ2n) is 4.83. The zero-order valence-electron chi connectivity index (χ0n) is 12.5. The average Bonchev–Trinajstić information content (AvgIpc) is 2.53. The summed E-state index contributed by atoms with van der Waals surface area (Å²) in [4.78, 5) is 10.7. The van der Waals surface area contributed by atoms with Crippen molar-refractivity contribution >= 4 is 23.2 Å². The van der Waals surface area contributed by atoms with Crippen LogP contribution in [0, 0.1) is 0 Å². The van der Waals surface area contributed by atoms with Gasteiger partial charge >= 0.3 is 0 Å². The SMILES string of the molecule is CCc1c(NN)ncnc1N(C)C(C)c1ccccc1Cl. The van der Waals surface area contributed by atoms with E-state index in [1.54, 1.807) is 0 Å². The van der Waals surface area contributed by atoms with E-state index in [4.69, 9.17) is 17.4 Å². The van der Waals surface area contributed by atoms with E-state index >= 15 is 0 Å². The molecule has 1 aromatic carbocycles. The second-order valence-corrected chi connectivity index (χ2v) is 5.24. The molecule has 21 heavy (non-hydrogen) atoms. The van der Waals surface area contributed by atoms with Crippen molar-refractivity contribution in [3.63, 3.8) is 0 Å². The van der Waals surface area contributed by atoms with Crippen LogP contribution in [0.4, 0.5) is 11.6 Å². The van der Waals surface area contributed by atoms with Gasteiger partial charge in [-0.05, 0) is 25.0 Å². The van der Waals surface area contributed by atoms with Crippen molar-refractivity contribution in [3.05, 3.63) is 46.7 Å². The van der Waals surface area contributed by atoms with Gasteiger partial charge in [0.05, 0.1) is 6.04 Å². The number of halogens is 1. The van der Waals surface area contributed by atoms with E-state index in [1.807, 2.05) is 31.3 Å². The molecule has 0 saturated heterocycles. The minimum Gasteiger partial charge on any atom is -0.352 e. The first-order valence-electron chi connectivity index (χ1n) is 6.87. The summed E-state index contributed by atoms with van der Waals surface area (Å²) in [6, 6.07) is 7.92. The lowest BCUT2D eigenvalue weighted by Crippen LogP contribution is -2.25. The summed E-state index contributed by atoms with van der Waals surface area (Å²) in [6.45, 7) is 4.15. The largest absolute Gasteiger partial charge is 0.352 e. The second kappa shape index (κ2) is 6.74. The van der Waals surface area contributed by atoms with E-state index in [-0.39, 0.29) is 6.04 Å². The van der Waals surface area contributed by atoms with Crippen molar-refractivity contribution in [3.8, 4) is 0 Å². The molecule has 0 spiro atoms. The number of benzene rings is 1. The van der Waals surface area contributed by atoms with Gasteiger partial charge in [-0.3, -0.25) is 0 Å². The molecule has 0 aliphatic rings. The van der Waals surface area contributed by atoms with Crippen LogP contribution in [0.3, 0.4) is 0 Å². The third kappa shape index (κ3) is 3.09. The van der Waals surface area contributed by atoms with Crippen LogP contribution in [0.25, 0.3) is 0 Å². The van der Waals surface area contributed by atoms with E-state index in [9.17, 15) is 0 Å². The summed E-state index contributed by atoms with van der Waals surface area (Å²) in [6.07, 6.45) is 2.30. The van der Waals surface area contributed by atoms with Gasteiger partial charge in [-0.15, -0.1) is 0 Å². The van der Waals surface area contributed by atoms with Crippen molar-refractivity contribution < 1.29 is 0 Å². The molecule has 0 aliphatic heterocycles. The van der Waals surface area contributed by atoms with Crippen LogP contribution in [-0.2, 0) is 6.42 Å². The Morgan fingerprint density at radius 2 is 2.05 bits per heavy atom. The summed E-state index contributed by atoms with van der Waals surface area (Å²) in [5.74, 6) is 7.03. The molecule has 0 fully saturated rings. The molecule has 0 radical (unpaired) electrons. The van der Waals surface area contributed by atoms with E-state index < -0.39 is 0 Å². The maximum atomic E-state index is 6.29. The lowest BCUT2D eigenvalue weighted by molar-refractivity contribution is 0.721. The molecule has 3 N–H and O–H groups in total. The minimum atomic E-state index is 0.0875. The van der Waals surface area contributed by atoms with Gasteiger partial charge in [-0.1, -0.05) is 36.7 Å². The molecule has 1 aromatic heterocycles. The summed E-state index contributed by atoms with van der Waals surface area (Å²) < 4.78 is 0. The average molecular weight is 306 g/mol. The number of hydrazine groups is 1. The molecular weight excluding hydrogens is 286 g/mol. The summed E-state index contributed by atoms with van der Waals surface area (Å²) >= 11 is 6.29. The molecule has 0 amide bonds. The smallest absolute Gasteiger partial charge is 0.148 e. The number of nitrogens with zero attached hydrogens (tertiary/aromatic N) is 3. The number of nitrogens with one attached hydrogen (secondary N) is 1. The number of hydrogen-bond donors (Lipinski definition) is 2. The molecule has 1 atom stereocenters. The lowest BCUT2D eigenvalue weighted by Gasteiger charge is -2.29. The predicted molar refractivity (Wildman–Crippen MR) is 87.5 cm³/mol. The third-order valence-electron chi connectivity index (χ3n) is 3.68. The molecule has 6 heteroatoms. The van der Waals surface area contributed by atoms with Crippen molar-refractivity contribution in [2.24, 2.45) is 5.84 Å². The van der Waals surface area contributed by atoms with E-state index in [2.05, 4.69) is 34.1 Å². The Hall–Kier alpha value is -1.85. The topological polar surface area (TPSA) is 67.1 Å². The van der Waals surface area contributed by atoms with E-state index in [1.165, 1.54) is 6.33 Å². The van der Waals surface area contributed by atoms with Gasteiger partial charge in [0.15, 0.2) is 0 Å². The van der Waals surface area contributed by atoms with Gasteiger partial charge in [-0.25, -0.2) is 15.8 Å². The maximum absolute atomic E-state index is 6.29. The highest BCUT2D eigenvalue weighted by molar-refractivity contribution is 6.31. The Balaban J connectivity index is 2.40. The third-order valence-corrected chi connectivity index (χ3v) is 4.03. The first-order chi connectivity index (χ1) is 10.1. The van der Waals surface area contributed by atoms with Crippen molar-refractivity contribution in [1.29, 1.82) is 0 Å². The van der Waals surface area contributed by atoms with Crippen molar-refractivity contribution in [1.82, 2.24) is 9.97 Å². The fourth-order valence-electron chi connectivity index (χ4n) is 2.36. The molecule has 112 valence electrons. The number of hydrogen-bond acceptors (Lipinski definition) is 5. The highest BCUT2D eigenvalue weighted by atomic mass is 35.5. The number of nitrogens with two attached hydrogens (primary N) is 1. The van der Waals surface area contributed by atoms with Gasteiger partial charge in [0.1, 0.15) is 18.0 Å². The Morgan fingerprint density at radius 3 is 2.67 bits per heavy atom. The Morgan fingerprint density at radius 1 is 1.33 bits per heavy atom. The molecule has 5 nitrogen and oxygen atoms in total. The van der Waals surface area contributed by atoms with Gasteiger partial charge in [-0.2, -0.15) is 0 Å². The number of nitrogen functional groups attached to an aromatic ring is 1. The molecule has 0 aliphatic carbocycles. The summed E-state index contributed by atoms with van der Waals surface area (Å²) in [5.41, 5.74) is 4.68. The standard InChI is InChI=1S/C15H20ClN5/c1-4-11-14(20-17)18-9-19-15(11)21(3)10(2)12-7-5-6-8-13(12)16/h5-10H,4,17H2,1-3H3,(H,18,19,20). The van der Waals surface area contributed by atoms with Crippen LogP contribution < -0.4 is 16.2 Å². The molecule has 1 heterocycles. The predicted octanol–water partition coefficient (Wildman–Crippen LogP) is 3.18. The first kappa shape index (κ1) is 15.5. The fraction of sp³-hybridized carbons (Fsp3) is 0.333. The molecule has 2 rings (SSSR count). The quantitative estimate of drug-likeness (QED) is 0.656. The molecular formula is C15H20ClN5. The minimum absolute atomic E-state index is 0.0875. The van der Waals surface area contributed by atoms with Gasteiger partial charge in [0.25, 0.3) is 0 Å². The first-order valence-corrected chi connectivity index (χ1v) is 7.25. The summed E-state index contributed by atoms with van der Waals surface area (Å²) in [7, 11) is 2.00. The number of aromatic nitrogens is 2. The highest BCUT2D eigenvalue weighted by Crippen LogP contribution is 2.32. The van der Waals surface area contributed by atoms with Crippen molar-refractivity contribution in [2.75, 3.05) is 17.4 Å². The maximum Gasteiger partial charge on any atom is 0.148 e. The van der Waals surface area contributed by atoms with E-state index in [0.29, 0.717) is 5.82 Å². The molecule has 0 bridgehead atoms. The lowest BCUT2D eigenvalue weighted by atomic mass is 10.1. The number of anilines is 2. The van der Waals surface area contributed by atoms with Gasteiger partial charge in [0.2, 0.25) is 0 Å². The molecule has 0 saturated carbocycles. The zero-order valence-corrected chi connectivity index (χ0v) is 13.2. The number of rotatable bonds is 5. The van der Waals surface area contributed by atoms with Crippen LogP contribution >= 0.6 is 11.6 Å². The summed E-state index contributed by atoms with van der Waals surface area (Å²) in [5, 5.41) is 0.751. The molecule has 1 unspecified atom stereocenters. The van der Waals surface area contributed by atoms with Crippen LogP contribution in [-0.4, -0.2) is 17.0 Å². The van der Waals surface area contributed by atoms with Gasteiger partial charge < -0.3 is 10.3 Å². The normalized spacial score (nSPS) is 12.0. The monoisotopic (exact) mass is 305 g/mol. The Bertz CT molecular complexity index is 617. The van der Waals surface area contributed by atoms with Crippen molar-refractivity contribution in [2.45, 2.75) is 26.3 Å². The van der Waals surface area contributed by atoms with Crippen LogP contribution in [0.5, 0.6) is 0 Å². The zero-order chi connectivity index (χ0) is 15.4. The van der Waals surface area contributed by atoms with Crippen LogP contribution in [0.15, 0.2) is 30.6 Å². The van der Waals surface area contributed by atoms with Crippen LogP contribution in [0.1, 0.15) is 31.0 Å². The Labute approximate surface area is 130 Å². The highest BCUT2D eigenvalue weighted by Gasteiger charge is 2.20. The van der Waals surface area contributed by atoms with E-state index in [0.717, 1.165) is 28.4 Å².